The summed E-state index contributed by atoms with van der Waals surface area (Å²) in [7, 11) is 0. The Balaban J connectivity index is 3.08. The molecule has 0 unspecified atom stereocenters. The molecule has 1 rings (SSSR count). The minimum absolute atomic E-state index is 0.634. The van der Waals surface area contributed by atoms with Gasteiger partial charge in [0.15, 0.2) is 0 Å². The van der Waals surface area contributed by atoms with Gasteiger partial charge >= 0.3 is 0 Å². The van der Waals surface area contributed by atoms with E-state index in [2.05, 4.69) is 18.6 Å². The second-order valence-electron chi connectivity index (χ2n) is 3.19. The zero-order valence-corrected chi connectivity index (χ0v) is 8.62. The minimum Gasteiger partial charge on any atom is -0.192 e. The smallest absolute Gasteiger partial charge is 0.0991 e. The molecule has 0 fully saturated rings. The molecule has 15 heavy (non-hydrogen) atoms. The molecule has 0 aliphatic heterocycles. The first-order valence-corrected chi connectivity index (χ1v) is 4.51. The lowest BCUT2D eigenvalue weighted by atomic mass is 10.0. The van der Waals surface area contributed by atoms with E-state index < -0.39 is 0 Å². The van der Waals surface area contributed by atoms with Crippen molar-refractivity contribution in [3.8, 4) is 18.4 Å². The summed E-state index contributed by atoms with van der Waals surface area (Å²) in [6, 6.07) is 9.49. The molecule has 0 bridgehead atoms. The van der Waals surface area contributed by atoms with Crippen LogP contribution >= 0.6 is 0 Å². The average Bonchev–Trinajstić information content (AvgIpc) is 2.28. The fraction of sp³-hybridized carbons (Fsp3) is 0.0714. The predicted octanol–water partition coefficient (Wildman–Crippen LogP) is 3.15. The first-order valence-electron chi connectivity index (χ1n) is 4.51. The molecule has 72 valence electrons. The molecule has 0 aliphatic carbocycles. The highest BCUT2D eigenvalue weighted by atomic mass is 14.2. The molecule has 0 saturated carbocycles. The van der Waals surface area contributed by atoms with Crippen LogP contribution in [0.4, 0.5) is 0 Å². The number of benzene rings is 1. The minimum atomic E-state index is 0.634. The van der Waals surface area contributed by atoms with E-state index in [0.29, 0.717) is 11.1 Å². The Morgan fingerprint density at radius 3 is 2.87 bits per heavy atom. The maximum atomic E-state index is 8.75. The van der Waals surface area contributed by atoms with Crippen LogP contribution in [0.15, 0.2) is 42.5 Å². The Hall–Kier alpha value is -2.25. The summed E-state index contributed by atoms with van der Waals surface area (Å²) in [5, 5.41) is 8.75. The van der Waals surface area contributed by atoms with Crippen LogP contribution in [0.1, 0.15) is 18.1 Å². The number of terminal acetylenes is 1. The van der Waals surface area contributed by atoms with Crippen molar-refractivity contribution in [2.75, 3.05) is 0 Å². The third kappa shape index (κ3) is 2.86. The molecule has 0 spiro atoms. The average molecular weight is 193 g/mol. The summed E-state index contributed by atoms with van der Waals surface area (Å²) in [5.41, 5.74) is 3.28. The van der Waals surface area contributed by atoms with Gasteiger partial charge in [-0.25, -0.2) is 0 Å². The fourth-order valence-electron chi connectivity index (χ4n) is 1.22. The maximum absolute atomic E-state index is 8.75. The molecular weight excluding hydrogens is 182 g/mol. The Bertz CT molecular complexity index is 493. The van der Waals surface area contributed by atoms with Crippen molar-refractivity contribution in [3.63, 3.8) is 0 Å². The fourth-order valence-corrected chi connectivity index (χ4v) is 1.22. The van der Waals surface area contributed by atoms with Crippen LogP contribution in [0.3, 0.4) is 0 Å². The number of hydrogen-bond acceptors (Lipinski definition) is 1. The molecule has 0 N–H and O–H groups in total. The predicted molar refractivity (Wildman–Crippen MR) is 62.8 cm³/mol. The van der Waals surface area contributed by atoms with Gasteiger partial charge < -0.3 is 0 Å². The molecule has 1 heteroatoms. The molecule has 0 atom stereocenters. The molecule has 0 heterocycles. The summed E-state index contributed by atoms with van der Waals surface area (Å²) >= 11 is 0. The Kier molecular flexibility index (Phi) is 3.49. The van der Waals surface area contributed by atoms with Crippen molar-refractivity contribution in [1.82, 2.24) is 0 Å². The molecule has 0 aromatic heterocycles. The Morgan fingerprint density at radius 1 is 1.53 bits per heavy atom. The monoisotopic (exact) mass is 193 g/mol. The van der Waals surface area contributed by atoms with Gasteiger partial charge in [0.25, 0.3) is 0 Å². The third-order valence-corrected chi connectivity index (χ3v) is 2.02. The Morgan fingerprint density at radius 2 is 2.27 bits per heavy atom. The van der Waals surface area contributed by atoms with Crippen molar-refractivity contribution in [2.45, 2.75) is 6.92 Å². The second-order valence-corrected chi connectivity index (χ2v) is 3.19. The highest BCUT2D eigenvalue weighted by Crippen LogP contribution is 2.16. The van der Waals surface area contributed by atoms with Gasteiger partial charge in [-0.1, -0.05) is 24.6 Å². The molecule has 1 nitrogen and oxygen atoms in total. The topological polar surface area (TPSA) is 23.8 Å². The second kappa shape index (κ2) is 4.84. The van der Waals surface area contributed by atoms with E-state index >= 15 is 0 Å². The van der Waals surface area contributed by atoms with Gasteiger partial charge in [-0.15, -0.1) is 6.42 Å². The molecular formula is C14H11N. The highest BCUT2D eigenvalue weighted by Gasteiger charge is 1.97. The number of allylic oxidation sites excluding steroid dienone is 3. The van der Waals surface area contributed by atoms with Gasteiger partial charge in [0.05, 0.1) is 11.6 Å². The maximum Gasteiger partial charge on any atom is 0.0991 e. The number of rotatable bonds is 2. The molecule has 0 radical (unpaired) electrons. The number of nitrogens with zero attached hydrogens (tertiary/aromatic N) is 1. The summed E-state index contributed by atoms with van der Waals surface area (Å²) in [5.74, 6) is 2.46. The van der Waals surface area contributed by atoms with Gasteiger partial charge in [0, 0.05) is 5.57 Å². The zero-order valence-electron chi connectivity index (χ0n) is 8.62. The molecule has 0 amide bonds. The highest BCUT2D eigenvalue weighted by molar-refractivity contribution is 5.68. The van der Waals surface area contributed by atoms with E-state index in [1.54, 1.807) is 6.07 Å². The number of hydrogen-bond donors (Lipinski definition) is 0. The quantitative estimate of drug-likeness (QED) is 0.523. The van der Waals surface area contributed by atoms with E-state index in [1.807, 2.05) is 31.2 Å². The van der Waals surface area contributed by atoms with Gasteiger partial charge in [-0.2, -0.15) is 5.26 Å². The van der Waals surface area contributed by atoms with Crippen LogP contribution in [0, 0.1) is 23.7 Å². The summed E-state index contributed by atoms with van der Waals surface area (Å²) in [4.78, 5) is 0. The van der Waals surface area contributed by atoms with Crippen LogP contribution in [-0.4, -0.2) is 0 Å². The Labute approximate surface area is 90.4 Å². The first-order chi connectivity index (χ1) is 7.17. The van der Waals surface area contributed by atoms with E-state index in [4.69, 9.17) is 11.7 Å². The van der Waals surface area contributed by atoms with E-state index in [-0.39, 0.29) is 0 Å². The van der Waals surface area contributed by atoms with E-state index in [1.165, 1.54) is 0 Å². The van der Waals surface area contributed by atoms with Crippen molar-refractivity contribution < 1.29 is 0 Å². The molecule has 1 aromatic rings. The lowest BCUT2D eigenvalue weighted by Crippen LogP contribution is -1.82. The van der Waals surface area contributed by atoms with E-state index in [9.17, 15) is 0 Å². The van der Waals surface area contributed by atoms with Crippen molar-refractivity contribution in [3.05, 3.63) is 53.6 Å². The van der Waals surface area contributed by atoms with Crippen LogP contribution in [-0.2, 0) is 0 Å². The van der Waals surface area contributed by atoms with Crippen molar-refractivity contribution in [1.29, 1.82) is 5.26 Å². The van der Waals surface area contributed by atoms with Gasteiger partial charge in [0.1, 0.15) is 0 Å². The van der Waals surface area contributed by atoms with Crippen LogP contribution < -0.4 is 0 Å². The third-order valence-electron chi connectivity index (χ3n) is 2.02. The normalized spacial score (nSPS) is 10.2. The zero-order chi connectivity index (χ0) is 11.3. The lowest BCUT2D eigenvalue weighted by Gasteiger charge is -2.01. The summed E-state index contributed by atoms with van der Waals surface area (Å²) in [6.07, 6.45) is 7.04. The summed E-state index contributed by atoms with van der Waals surface area (Å²) < 4.78 is 0. The molecule has 1 aromatic carbocycles. The van der Waals surface area contributed by atoms with Gasteiger partial charge in [-0.05, 0) is 36.3 Å². The van der Waals surface area contributed by atoms with Crippen molar-refractivity contribution >= 4 is 5.57 Å². The van der Waals surface area contributed by atoms with Crippen LogP contribution in [0.25, 0.3) is 5.57 Å². The van der Waals surface area contributed by atoms with Gasteiger partial charge in [-0.3, -0.25) is 0 Å². The van der Waals surface area contributed by atoms with Gasteiger partial charge in [0.2, 0.25) is 0 Å². The summed E-state index contributed by atoms with van der Waals surface area (Å²) in [6.45, 7) is 5.65. The largest absolute Gasteiger partial charge is 0.192 e. The van der Waals surface area contributed by atoms with Crippen LogP contribution in [0.2, 0.25) is 0 Å². The molecule has 0 saturated heterocycles. The SMILES string of the molecule is C#CC(=C)/C=C(\C)c1cccc(C#N)c1. The van der Waals surface area contributed by atoms with Crippen molar-refractivity contribution in [2.24, 2.45) is 0 Å². The standard InChI is InChI=1S/C14H11N/c1-4-11(2)8-12(3)14-7-5-6-13(9-14)10-15/h1,5-9H,2H2,3H3/b12-8+. The first kappa shape index (κ1) is 10.8. The van der Waals surface area contributed by atoms with E-state index in [0.717, 1.165) is 11.1 Å². The van der Waals surface area contributed by atoms with Crippen LogP contribution in [0.5, 0.6) is 0 Å². The molecule has 0 aliphatic rings. The number of nitriles is 1. The lowest BCUT2D eigenvalue weighted by molar-refractivity contribution is 1.46.